The number of hydrazone groups is 1. The van der Waals surface area contributed by atoms with E-state index in [2.05, 4.69) is 25.5 Å². The lowest BCUT2D eigenvalue weighted by Crippen LogP contribution is -2.33. The van der Waals surface area contributed by atoms with E-state index in [9.17, 15) is 20.4 Å². The molecule has 0 unspecified atom stereocenters. The highest BCUT2D eigenvalue weighted by Gasteiger charge is 2.44. The fraction of sp³-hybridized carbons (Fsp3) is 0.294. The van der Waals surface area contributed by atoms with Crippen LogP contribution in [-0.4, -0.2) is 71.1 Å². The van der Waals surface area contributed by atoms with Gasteiger partial charge in [-0.3, -0.25) is 4.57 Å². The van der Waals surface area contributed by atoms with Crippen LogP contribution in [0.3, 0.4) is 0 Å². The first kappa shape index (κ1) is 20.3. The van der Waals surface area contributed by atoms with E-state index < -0.39 is 31.1 Å². The molecule has 1 aromatic carbocycles. The van der Waals surface area contributed by atoms with Crippen molar-refractivity contribution in [2.24, 2.45) is 5.10 Å². The summed E-state index contributed by atoms with van der Waals surface area (Å²) in [5.41, 5.74) is 9.40. The first-order valence-corrected chi connectivity index (χ1v) is 9.17. The summed E-state index contributed by atoms with van der Waals surface area (Å²) in [6.45, 7) is -0.462. The molecule has 4 rings (SSSR count). The van der Waals surface area contributed by atoms with Crippen LogP contribution >= 0.6 is 11.6 Å². The summed E-state index contributed by atoms with van der Waals surface area (Å²) in [5, 5.41) is 43.7. The average Bonchev–Trinajstić information content (AvgIpc) is 3.26. The van der Waals surface area contributed by atoms with Crippen LogP contribution in [-0.2, 0) is 4.74 Å². The Hall–Kier alpha value is -3.03. The number of aliphatic hydroxyl groups excluding tert-OH is 3. The number of hydrogen-bond donors (Lipinski definition) is 6. The monoisotopic (exact) mass is 435 g/mol. The van der Waals surface area contributed by atoms with Gasteiger partial charge in [0.1, 0.15) is 29.6 Å². The lowest BCUT2D eigenvalue weighted by Gasteiger charge is -2.16. The quantitative estimate of drug-likeness (QED) is 0.232. The van der Waals surface area contributed by atoms with Crippen molar-refractivity contribution in [3.63, 3.8) is 0 Å². The second-order valence-corrected chi connectivity index (χ2v) is 6.99. The van der Waals surface area contributed by atoms with Gasteiger partial charge < -0.3 is 30.9 Å². The summed E-state index contributed by atoms with van der Waals surface area (Å²) in [6, 6.07) is 4.50. The highest BCUT2D eigenvalue weighted by molar-refractivity contribution is 6.30. The van der Waals surface area contributed by atoms with Crippen LogP contribution < -0.4 is 11.2 Å². The number of nitrogens with zero attached hydrogens (tertiary/aromatic N) is 5. The van der Waals surface area contributed by atoms with Gasteiger partial charge in [-0.15, -0.1) is 0 Å². The lowest BCUT2D eigenvalue weighted by atomic mass is 10.1. The summed E-state index contributed by atoms with van der Waals surface area (Å²) in [7, 11) is 0. The van der Waals surface area contributed by atoms with Gasteiger partial charge in [-0.05, 0) is 18.2 Å². The van der Waals surface area contributed by atoms with Gasteiger partial charge in [0.25, 0.3) is 0 Å². The number of anilines is 2. The molecule has 0 spiro atoms. The molecule has 2 aromatic heterocycles. The summed E-state index contributed by atoms with van der Waals surface area (Å²) in [5.74, 6) is 0.0586. The number of nitrogens with one attached hydrogen (secondary N) is 1. The minimum Gasteiger partial charge on any atom is -0.507 e. The zero-order valence-corrected chi connectivity index (χ0v) is 16.0. The number of phenolic OH excluding ortho intramolecular Hbond substituents is 1. The number of rotatable bonds is 5. The molecule has 0 radical (unpaired) electrons. The molecular weight excluding hydrogens is 418 g/mol. The fourth-order valence-electron chi connectivity index (χ4n) is 3.07. The summed E-state index contributed by atoms with van der Waals surface area (Å²) in [4.78, 5) is 12.5. The zero-order valence-electron chi connectivity index (χ0n) is 15.3. The van der Waals surface area contributed by atoms with E-state index in [4.69, 9.17) is 22.1 Å². The number of imidazole rings is 1. The second kappa shape index (κ2) is 8.01. The average molecular weight is 436 g/mol. The smallest absolute Gasteiger partial charge is 0.247 e. The van der Waals surface area contributed by atoms with Gasteiger partial charge in [0.05, 0.1) is 19.1 Å². The zero-order chi connectivity index (χ0) is 21.4. The standard InChI is InChI=1S/C17H18ClN7O5/c18-8-1-2-9(27)7(3-8)4-21-24-17-22-14(19)11-15(23-17)25(6-20-11)16-13(29)12(28)10(5-26)30-16/h1-4,6,10,12-13,16,26-29H,5H2,(H3,19,22,23,24)/b21-4+/t10-,12-,13-,16-/m1/s1. The number of phenols is 1. The molecule has 13 heteroatoms. The van der Waals surface area contributed by atoms with Crippen molar-refractivity contribution >= 4 is 40.7 Å². The molecule has 1 aliphatic heterocycles. The maximum absolute atomic E-state index is 10.3. The number of halogens is 1. The van der Waals surface area contributed by atoms with Gasteiger partial charge in [-0.2, -0.15) is 15.1 Å². The maximum Gasteiger partial charge on any atom is 0.247 e. The lowest BCUT2D eigenvalue weighted by molar-refractivity contribution is -0.0511. The number of aromatic hydroxyl groups is 1. The van der Waals surface area contributed by atoms with E-state index in [0.717, 1.165) is 0 Å². The Balaban J connectivity index is 1.62. The third-order valence-corrected chi connectivity index (χ3v) is 4.83. The Bertz CT molecular complexity index is 1110. The van der Waals surface area contributed by atoms with Gasteiger partial charge in [0, 0.05) is 10.6 Å². The van der Waals surface area contributed by atoms with Crippen molar-refractivity contribution in [2.75, 3.05) is 17.8 Å². The molecule has 1 aliphatic rings. The number of aliphatic hydroxyl groups is 3. The molecule has 7 N–H and O–H groups in total. The third-order valence-electron chi connectivity index (χ3n) is 4.60. The highest BCUT2D eigenvalue weighted by atomic mass is 35.5. The number of fused-ring (bicyclic) bond motifs is 1. The van der Waals surface area contributed by atoms with Gasteiger partial charge in [-0.1, -0.05) is 11.6 Å². The minimum atomic E-state index is -1.31. The van der Waals surface area contributed by atoms with Crippen LogP contribution in [0.25, 0.3) is 11.2 Å². The third kappa shape index (κ3) is 3.62. The van der Waals surface area contributed by atoms with Crippen LogP contribution in [0.15, 0.2) is 29.6 Å². The number of hydrogen-bond acceptors (Lipinski definition) is 11. The molecule has 30 heavy (non-hydrogen) atoms. The predicted molar refractivity (Wildman–Crippen MR) is 107 cm³/mol. The second-order valence-electron chi connectivity index (χ2n) is 6.56. The Kier molecular flexibility index (Phi) is 5.40. The Morgan fingerprint density at radius 1 is 1.30 bits per heavy atom. The Morgan fingerprint density at radius 2 is 2.10 bits per heavy atom. The number of nitrogen functional groups attached to an aromatic ring is 1. The van der Waals surface area contributed by atoms with Crippen LogP contribution in [0, 0.1) is 0 Å². The molecule has 3 heterocycles. The van der Waals surface area contributed by atoms with E-state index in [0.29, 0.717) is 10.6 Å². The largest absolute Gasteiger partial charge is 0.507 e. The van der Waals surface area contributed by atoms with E-state index in [1.165, 1.54) is 29.2 Å². The molecular formula is C17H18ClN7O5. The molecule has 1 saturated heterocycles. The van der Waals surface area contributed by atoms with Crippen LogP contribution in [0.1, 0.15) is 11.8 Å². The summed E-state index contributed by atoms with van der Waals surface area (Å²) < 4.78 is 6.90. The van der Waals surface area contributed by atoms with E-state index in [-0.39, 0.29) is 28.7 Å². The highest BCUT2D eigenvalue weighted by Crippen LogP contribution is 2.32. The molecule has 1 fully saturated rings. The van der Waals surface area contributed by atoms with E-state index >= 15 is 0 Å². The molecule has 3 aromatic rings. The SMILES string of the molecule is Nc1nc(N/N=C/c2cc(Cl)ccc2O)nc2c1ncn2[C@@H]1O[C@H](CO)[C@@H](O)[C@H]1O. The number of nitrogens with two attached hydrogens (primary N) is 1. The topological polar surface area (TPSA) is 184 Å². The van der Waals surface area contributed by atoms with Gasteiger partial charge >= 0.3 is 0 Å². The van der Waals surface area contributed by atoms with Crippen molar-refractivity contribution < 1.29 is 25.2 Å². The Labute approximate surface area is 174 Å². The molecule has 0 bridgehead atoms. The summed E-state index contributed by atoms with van der Waals surface area (Å²) >= 11 is 5.90. The number of ether oxygens (including phenoxy) is 1. The van der Waals surface area contributed by atoms with Crippen molar-refractivity contribution in [2.45, 2.75) is 24.5 Å². The van der Waals surface area contributed by atoms with Gasteiger partial charge in [0.2, 0.25) is 5.95 Å². The van der Waals surface area contributed by atoms with Crippen LogP contribution in [0.2, 0.25) is 5.02 Å². The molecule has 12 nitrogen and oxygen atoms in total. The van der Waals surface area contributed by atoms with Crippen LogP contribution in [0.5, 0.6) is 5.75 Å². The molecule has 0 amide bonds. The number of benzene rings is 1. The summed E-state index contributed by atoms with van der Waals surface area (Å²) in [6.07, 6.45) is -1.90. The molecule has 0 saturated carbocycles. The van der Waals surface area contributed by atoms with Crippen LogP contribution in [0.4, 0.5) is 11.8 Å². The van der Waals surface area contributed by atoms with Gasteiger partial charge in [0.15, 0.2) is 17.7 Å². The molecule has 0 aliphatic carbocycles. The van der Waals surface area contributed by atoms with Crippen molar-refractivity contribution in [3.8, 4) is 5.75 Å². The number of aromatic nitrogens is 4. The van der Waals surface area contributed by atoms with E-state index in [1.807, 2.05) is 0 Å². The minimum absolute atomic E-state index is 0.0109. The maximum atomic E-state index is 10.3. The fourth-order valence-corrected chi connectivity index (χ4v) is 3.25. The van der Waals surface area contributed by atoms with Crippen molar-refractivity contribution in [1.82, 2.24) is 19.5 Å². The van der Waals surface area contributed by atoms with Crippen molar-refractivity contribution in [1.29, 1.82) is 0 Å². The van der Waals surface area contributed by atoms with Gasteiger partial charge in [-0.25, -0.2) is 10.4 Å². The Morgan fingerprint density at radius 3 is 2.83 bits per heavy atom. The first-order chi connectivity index (χ1) is 14.4. The normalized spacial score (nSPS) is 24.1. The van der Waals surface area contributed by atoms with Crippen molar-refractivity contribution in [3.05, 3.63) is 35.1 Å². The first-order valence-electron chi connectivity index (χ1n) is 8.79. The molecule has 4 atom stereocenters. The molecule has 158 valence electrons. The predicted octanol–water partition coefficient (Wildman–Crippen LogP) is -0.175. The van der Waals surface area contributed by atoms with E-state index in [1.54, 1.807) is 6.07 Å².